The van der Waals surface area contributed by atoms with Crippen molar-refractivity contribution in [3.8, 4) is 28.7 Å². The first-order chi connectivity index (χ1) is 16.4. The summed E-state index contributed by atoms with van der Waals surface area (Å²) in [6.07, 6.45) is 0.0804. The molecule has 7 nitrogen and oxygen atoms in total. The largest absolute Gasteiger partial charge is 0.497 e. The number of hydrogen-bond acceptors (Lipinski definition) is 6. The second kappa shape index (κ2) is 11.9. The van der Waals surface area contributed by atoms with Crippen molar-refractivity contribution in [3.63, 3.8) is 0 Å². The van der Waals surface area contributed by atoms with Crippen LogP contribution in [0.15, 0.2) is 66.7 Å². The van der Waals surface area contributed by atoms with Gasteiger partial charge in [0.15, 0.2) is 11.5 Å². The van der Waals surface area contributed by atoms with E-state index in [9.17, 15) is 9.18 Å². The van der Waals surface area contributed by atoms with Gasteiger partial charge in [-0.25, -0.2) is 4.39 Å². The normalized spacial score (nSPS) is 11.7. The molecule has 0 saturated carbocycles. The molecule has 0 aromatic heterocycles. The van der Waals surface area contributed by atoms with E-state index in [-0.39, 0.29) is 12.4 Å². The number of carboxylic acids is 1. The number of carboxylic acid groups (broad SMARTS) is 1. The van der Waals surface area contributed by atoms with Gasteiger partial charge in [0.25, 0.3) is 0 Å². The smallest absolute Gasteiger partial charge is 0.317 e. The van der Waals surface area contributed by atoms with Gasteiger partial charge in [0.05, 0.1) is 20.8 Å². The summed E-state index contributed by atoms with van der Waals surface area (Å²) in [5, 5.41) is 9.00. The maximum atomic E-state index is 13.4. The molecule has 3 aromatic rings. The summed E-state index contributed by atoms with van der Waals surface area (Å²) in [5.74, 6) is 1.64. The summed E-state index contributed by atoms with van der Waals surface area (Å²) in [7, 11) is 4.86. The van der Waals surface area contributed by atoms with Crippen molar-refractivity contribution in [2.24, 2.45) is 0 Å². The van der Waals surface area contributed by atoms with E-state index in [0.717, 1.165) is 11.3 Å². The Labute approximate surface area is 198 Å². The number of methoxy groups -OCH3 is 2. The van der Waals surface area contributed by atoms with Crippen LogP contribution in [0.1, 0.15) is 18.1 Å². The Balaban J connectivity index is 1.77. The Morgan fingerprint density at radius 1 is 0.912 bits per heavy atom. The highest BCUT2D eigenvalue weighted by Gasteiger charge is 2.17. The third kappa shape index (κ3) is 7.11. The molecule has 180 valence electrons. The zero-order valence-electron chi connectivity index (χ0n) is 19.4. The SMILES string of the molecule is COc1ccc(Oc2ccc(OC(CCN(C)CC(=O)O)c3ccc(F)cc3)cc2OC)cc1. The van der Waals surface area contributed by atoms with Crippen molar-refractivity contribution in [2.75, 3.05) is 34.4 Å². The summed E-state index contributed by atoms with van der Waals surface area (Å²) in [6.45, 7) is 0.394. The Kier molecular flexibility index (Phi) is 8.70. The molecule has 0 aliphatic carbocycles. The highest BCUT2D eigenvalue weighted by Crippen LogP contribution is 2.37. The van der Waals surface area contributed by atoms with Crippen molar-refractivity contribution >= 4 is 5.97 Å². The number of benzene rings is 3. The minimum atomic E-state index is -0.904. The van der Waals surface area contributed by atoms with Crippen LogP contribution >= 0.6 is 0 Å². The molecule has 0 aliphatic heterocycles. The zero-order valence-corrected chi connectivity index (χ0v) is 19.4. The van der Waals surface area contributed by atoms with Crippen molar-refractivity contribution in [3.05, 3.63) is 78.1 Å². The topological polar surface area (TPSA) is 77.5 Å². The first-order valence-electron chi connectivity index (χ1n) is 10.7. The van der Waals surface area contributed by atoms with E-state index in [0.29, 0.717) is 36.0 Å². The molecule has 3 rings (SSSR count). The standard InChI is InChI=1S/C26H28FNO6/c1-28(17-26(29)30)15-14-23(18-4-6-19(27)7-5-18)34-22-12-13-24(25(16-22)32-3)33-21-10-8-20(31-2)9-11-21/h4-13,16,23H,14-15,17H2,1-3H3,(H,29,30). The fourth-order valence-electron chi connectivity index (χ4n) is 3.36. The van der Waals surface area contributed by atoms with Gasteiger partial charge in [0.1, 0.15) is 29.2 Å². The number of hydrogen-bond donors (Lipinski definition) is 1. The summed E-state index contributed by atoms with van der Waals surface area (Å²) in [4.78, 5) is 12.7. The lowest BCUT2D eigenvalue weighted by atomic mass is 10.1. The molecule has 34 heavy (non-hydrogen) atoms. The number of halogens is 1. The fourth-order valence-corrected chi connectivity index (χ4v) is 3.36. The van der Waals surface area contributed by atoms with E-state index in [4.69, 9.17) is 24.1 Å². The van der Waals surface area contributed by atoms with Crippen LogP contribution in [0, 0.1) is 5.82 Å². The van der Waals surface area contributed by atoms with Crippen LogP contribution < -0.4 is 18.9 Å². The van der Waals surface area contributed by atoms with Gasteiger partial charge in [0.2, 0.25) is 0 Å². The van der Waals surface area contributed by atoms with E-state index in [1.165, 1.54) is 19.2 Å². The van der Waals surface area contributed by atoms with Crippen molar-refractivity contribution in [1.82, 2.24) is 4.90 Å². The molecule has 0 heterocycles. The highest BCUT2D eigenvalue weighted by molar-refractivity contribution is 5.69. The second-order valence-electron chi connectivity index (χ2n) is 7.67. The van der Waals surface area contributed by atoms with Gasteiger partial charge in [-0.05, 0) is 61.1 Å². The Morgan fingerprint density at radius 3 is 2.18 bits per heavy atom. The number of aliphatic carboxylic acids is 1. The molecular formula is C26H28FNO6. The molecule has 1 N–H and O–H groups in total. The molecule has 0 fully saturated rings. The maximum Gasteiger partial charge on any atom is 0.317 e. The van der Waals surface area contributed by atoms with Crippen molar-refractivity contribution in [2.45, 2.75) is 12.5 Å². The van der Waals surface area contributed by atoms with Gasteiger partial charge in [-0.15, -0.1) is 0 Å². The Hall–Kier alpha value is -3.78. The van der Waals surface area contributed by atoms with Crippen LogP contribution in [0.4, 0.5) is 4.39 Å². The van der Waals surface area contributed by atoms with Crippen LogP contribution in [0.3, 0.4) is 0 Å². The van der Waals surface area contributed by atoms with Crippen LogP contribution in [0.5, 0.6) is 28.7 Å². The van der Waals surface area contributed by atoms with Crippen LogP contribution in [-0.2, 0) is 4.79 Å². The van der Waals surface area contributed by atoms with Gasteiger partial charge in [-0.3, -0.25) is 9.69 Å². The Bertz CT molecular complexity index is 1070. The zero-order chi connectivity index (χ0) is 24.5. The van der Waals surface area contributed by atoms with Crippen LogP contribution in [-0.4, -0.2) is 50.3 Å². The van der Waals surface area contributed by atoms with Gasteiger partial charge in [-0.1, -0.05) is 12.1 Å². The molecular weight excluding hydrogens is 441 g/mol. The van der Waals surface area contributed by atoms with Crippen LogP contribution in [0.25, 0.3) is 0 Å². The lowest BCUT2D eigenvalue weighted by molar-refractivity contribution is -0.138. The monoisotopic (exact) mass is 469 g/mol. The van der Waals surface area contributed by atoms with Gasteiger partial charge in [0, 0.05) is 19.0 Å². The molecule has 8 heteroatoms. The number of carbonyl (C=O) groups is 1. The number of ether oxygens (including phenoxy) is 4. The number of nitrogens with zero attached hydrogens (tertiary/aromatic N) is 1. The average Bonchev–Trinajstić information content (AvgIpc) is 2.83. The van der Waals surface area contributed by atoms with Gasteiger partial charge < -0.3 is 24.1 Å². The van der Waals surface area contributed by atoms with E-state index in [2.05, 4.69) is 0 Å². The average molecular weight is 470 g/mol. The number of rotatable bonds is 12. The predicted octanol–water partition coefficient (Wildman–Crippen LogP) is 5.16. The molecule has 1 unspecified atom stereocenters. The molecule has 0 aliphatic rings. The minimum Gasteiger partial charge on any atom is -0.497 e. The molecule has 0 radical (unpaired) electrons. The third-order valence-electron chi connectivity index (χ3n) is 5.12. The van der Waals surface area contributed by atoms with E-state index in [1.807, 2.05) is 0 Å². The molecule has 0 saturated heterocycles. The van der Waals surface area contributed by atoms with Gasteiger partial charge in [-0.2, -0.15) is 0 Å². The molecule has 3 aromatic carbocycles. The lowest BCUT2D eigenvalue weighted by Gasteiger charge is -2.23. The first-order valence-corrected chi connectivity index (χ1v) is 10.7. The summed E-state index contributed by atoms with van der Waals surface area (Å²) < 4.78 is 36.3. The summed E-state index contributed by atoms with van der Waals surface area (Å²) in [5.41, 5.74) is 0.780. The first kappa shape index (κ1) is 24.9. The van der Waals surface area contributed by atoms with Gasteiger partial charge >= 0.3 is 5.97 Å². The van der Waals surface area contributed by atoms with E-state index < -0.39 is 12.1 Å². The predicted molar refractivity (Wildman–Crippen MR) is 126 cm³/mol. The summed E-state index contributed by atoms with van der Waals surface area (Å²) in [6, 6.07) is 18.5. The van der Waals surface area contributed by atoms with Crippen molar-refractivity contribution in [1.29, 1.82) is 0 Å². The highest BCUT2D eigenvalue weighted by atomic mass is 19.1. The molecule has 0 amide bonds. The number of likely N-dealkylation sites (N-methyl/N-ethyl adjacent to an activating group) is 1. The Morgan fingerprint density at radius 2 is 1.56 bits per heavy atom. The minimum absolute atomic E-state index is 0.0820. The molecule has 1 atom stereocenters. The third-order valence-corrected chi connectivity index (χ3v) is 5.12. The van der Waals surface area contributed by atoms with E-state index in [1.54, 1.807) is 73.7 Å². The van der Waals surface area contributed by atoms with Crippen molar-refractivity contribution < 1.29 is 33.2 Å². The molecule has 0 bridgehead atoms. The lowest BCUT2D eigenvalue weighted by Crippen LogP contribution is -2.28. The maximum absolute atomic E-state index is 13.4. The fraction of sp³-hybridized carbons (Fsp3) is 0.269. The second-order valence-corrected chi connectivity index (χ2v) is 7.67. The molecule has 0 spiro atoms. The summed E-state index contributed by atoms with van der Waals surface area (Å²) >= 11 is 0. The van der Waals surface area contributed by atoms with E-state index >= 15 is 0 Å². The van der Waals surface area contributed by atoms with Crippen LogP contribution in [0.2, 0.25) is 0 Å². The quantitative estimate of drug-likeness (QED) is 0.393.